The van der Waals surface area contributed by atoms with Crippen LogP contribution in [0.25, 0.3) is 0 Å². The zero-order valence-corrected chi connectivity index (χ0v) is 22.6. The monoisotopic (exact) mass is 519 g/mol. The first-order chi connectivity index (χ1) is 18.4. The van der Waals surface area contributed by atoms with Crippen molar-refractivity contribution < 1.29 is 28.8 Å². The summed E-state index contributed by atoms with van der Waals surface area (Å²) in [6, 6.07) is 21.9. The van der Waals surface area contributed by atoms with E-state index in [0.717, 1.165) is 58.9 Å². The Bertz CT molecular complexity index is 1160. The lowest BCUT2D eigenvalue weighted by Gasteiger charge is -2.38. The Morgan fingerprint density at radius 1 is 0.895 bits per heavy atom. The van der Waals surface area contributed by atoms with Gasteiger partial charge >= 0.3 is 5.97 Å². The Hall–Kier alpha value is -3.55. The number of carboxylic acid groups (broad SMARTS) is 1. The number of aryl methyl sites for hydroxylation is 1. The molecule has 0 bridgehead atoms. The lowest BCUT2D eigenvalue weighted by molar-refractivity contribution is -0.143. The highest BCUT2D eigenvalue weighted by atomic mass is 16.5. The molecule has 1 aliphatic heterocycles. The zero-order chi connectivity index (χ0) is 27.1. The van der Waals surface area contributed by atoms with Crippen LogP contribution >= 0.6 is 0 Å². The normalized spacial score (nSPS) is 16.2. The summed E-state index contributed by atoms with van der Waals surface area (Å²) in [7, 11) is 4.96. The number of nitrogens with zero attached hydrogens (tertiary/aromatic N) is 1. The topological polar surface area (TPSA) is 77.5 Å². The minimum Gasteiger partial charge on any atom is -0.497 e. The first-order valence-electron chi connectivity index (χ1n) is 12.9. The quantitative estimate of drug-likeness (QED) is 0.352. The van der Waals surface area contributed by atoms with Crippen LogP contribution in [-0.2, 0) is 15.1 Å². The number of hydrogen-bond acceptors (Lipinski definition) is 6. The number of aliphatic carboxylic acids is 1. The maximum Gasteiger partial charge on any atom is 0.307 e. The highest BCUT2D eigenvalue weighted by molar-refractivity contribution is 5.70. The summed E-state index contributed by atoms with van der Waals surface area (Å²) in [5.41, 5.74) is 3.00. The number of carbonyl (C=O) groups is 1. The Morgan fingerprint density at radius 3 is 1.95 bits per heavy atom. The highest BCUT2D eigenvalue weighted by Crippen LogP contribution is 2.43. The maximum absolute atomic E-state index is 11.6. The van der Waals surface area contributed by atoms with Crippen LogP contribution in [0.15, 0.2) is 66.7 Å². The van der Waals surface area contributed by atoms with Crippen molar-refractivity contribution in [2.75, 3.05) is 47.6 Å². The Labute approximate surface area is 224 Å². The molecule has 0 amide bonds. The molecule has 0 unspecified atom stereocenters. The van der Waals surface area contributed by atoms with E-state index in [-0.39, 0.29) is 5.92 Å². The molecule has 7 heteroatoms. The Kier molecular flexibility index (Phi) is 8.92. The van der Waals surface area contributed by atoms with Gasteiger partial charge < -0.3 is 29.0 Å². The van der Waals surface area contributed by atoms with E-state index in [4.69, 9.17) is 18.9 Å². The van der Waals surface area contributed by atoms with Gasteiger partial charge in [0.15, 0.2) is 0 Å². The van der Waals surface area contributed by atoms with E-state index >= 15 is 0 Å². The number of methoxy groups -OCH3 is 3. The second kappa shape index (κ2) is 12.3. The van der Waals surface area contributed by atoms with E-state index < -0.39 is 11.6 Å². The van der Waals surface area contributed by atoms with Crippen LogP contribution in [0.1, 0.15) is 35.1 Å². The molecule has 38 heavy (non-hydrogen) atoms. The molecule has 1 fully saturated rings. The first-order valence-corrected chi connectivity index (χ1v) is 12.9. The number of carboxylic acids is 1. The Balaban J connectivity index is 1.78. The number of hydrogen-bond donors (Lipinski definition) is 1. The van der Waals surface area contributed by atoms with Gasteiger partial charge in [-0.25, -0.2) is 0 Å². The molecule has 0 radical (unpaired) electrons. The molecular formula is C31H37NO6. The van der Waals surface area contributed by atoms with Crippen LogP contribution in [0.5, 0.6) is 17.2 Å². The SMILES string of the molecule is COc1ccc(C(OCCN2CCC[C@H](C(=O)O)C2)(c2ccc(OC)cc2)c2ccc(OC)cc2C)cc1. The van der Waals surface area contributed by atoms with Gasteiger partial charge in [0, 0.05) is 13.1 Å². The van der Waals surface area contributed by atoms with Crippen LogP contribution in [0.3, 0.4) is 0 Å². The zero-order valence-electron chi connectivity index (χ0n) is 22.6. The van der Waals surface area contributed by atoms with E-state index in [9.17, 15) is 9.90 Å². The largest absolute Gasteiger partial charge is 0.497 e. The van der Waals surface area contributed by atoms with Gasteiger partial charge in [-0.3, -0.25) is 4.79 Å². The molecular weight excluding hydrogens is 482 g/mol. The van der Waals surface area contributed by atoms with E-state index in [2.05, 4.69) is 17.9 Å². The molecule has 1 atom stereocenters. The van der Waals surface area contributed by atoms with Crippen LogP contribution in [0.4, 0.5) is 0 Å². The maximum atomic E-state index is 11.6. The smallest absolute Gasteiger partial charge is 0.307 e. The van der Waals surface area contributed by atoms with Gasteiger partial charge in [-0.2, -0.15) is 0 Å². The number of benzene rings is 3. The van der Waals surface area contributed by atoms with Crippen molar-refractivity contribution in [3.05, 3.63) is 89.0 Å². The third-order valence-corrected chi connectivity index (χ3v) is 7.39. The molecule has 1 N–H and O–H groups in total. The molecule has 0 saturated carbocycles. The fourth-order valence-electron chi connectivity index (χ4n) is 5.32. The average molecular weight is 520 g/mol. The summed E-state index contributed by atoms with van der Waals surface area (Å²) >= 11 is 0. The number of likely N-dealkylation sites (tertiary alicyclic amines) is 1. The molecule has 1 aliphatic rings. The number of rotatable bonds is 11. The number of ether oxygens (including phenoxy) is 4. The molecule has 1 saturated heterocycles. The van der Waals surface area contributed by atoms with E-state index in [0.29, 0.717) is 19.7 Å². The van der Waals surface area contributed by atoms with Crippen LogP contribution < -0.4 is 14.2 Å². The van der Waals surface area contributed by atoms with Crippen molar-refractivity contribution in [3.63, 3.8) is 0 Å². The summed E-state index contributed by atoms with van der Waals surface area (Å²) in [4.78, 5) is 13.8. The minimum atomic E-state index is -0.934. The fourth-order valence-corrected chi connectivity index (χ4v) is 5.32. The summed E-state index contributed by atoms with van der Waals surface area (Å²) in [5, 5.41) is 9.53. The number of piperidine rings is 1. The van der Waals surface area contributed by atoms with Gasteiger partial charge in [-0.1, -0.05) is 30.3 Å². The molecule has 0 aliphatic carbocycles. The van der Waals surface area contributed by atoms with Crippen LogP contribution in [-0.4, -0.2) is 63.5 Å². The standard InChI is InChI=1S/C31H37NO6/c1-22-20-28(37-4)15-16-29(22)31(24-7-11-26(35-2)12-8-24,25-9-13-27(36-3)14-10-25)38-19-18-32-17-5-6-23(21-32)30(33)34/h7-16,20,23H,5-6,17-19,21H2,1-4H3,(H,33,34)/t23-/m0/s1. The molecule has 0 aromatic heterocycles. The lowest BCUT2D eigenvalue weighted by Crippen LogP contribution is -2.42. The van der Waals surface area contributed by atoms with Crippen LogP contribution in [0, 0.1) is 12.8 Å². The molecule has 202 valence electrons. The molecule has 1 heterocycles. The van der Waals surface area contributed by atoms with Gasteiger partial charge in [0.1, 0.15) is 22.8 Å². The predicted octanol–water partition coefficient (Wildman–Crippen LogP) is 5.13. The Morgan fingerprint density at radius 2 is 1.45 bits per heavy atom. The van der Waals surface area contributed by atoms with Crippen molar-refractivity contribution in [2.24, 2.45) is 5.92 Å². The van der Waals surface area contributed by atoms with Gasteiger partial charge in [-0.05, 0) is 85.0 Å². The van der Waals surface area contributed by atoms with Crippen molar-refractivity contribution in [2.45, 2.75) is 25.4 Å². The highest BCUT2D eigenvalue weighted by Gasteiger charge is 2.39. The van der Waals surface area contributed by atoms with E-state index in [1.54, 1.807) is 21.3 Å². The van der Waals surface area contributed by atoms with E-state index in [1.807, 2.05) is 60.7 Å². The van der Waals surface area contributed by atoms with Gasteiger partial charge in [0.2, 0.25) is 0 Å². The average Bonchev–Trinajstić information content (AvgIpc) is 2.96. The van der Waals surface area contributed by atoms with Gasteiger partial charge in [-0.15, -0.1) is 0 Å². The minimum absolute atomic E-state index is 0.333. The van der Waals surface area contributed by atoms with Crippen molar-refractivity contribution in [1.82, 2.24) is 4.90 Å². The van der Waals surface area contributed by atoms with Gasteiger partial charge in [0.05, 0.1) is 33.9 Å². The third kappa shape index (κ3) is 5.79. The fraction of sp³-hybridized carbons (Fsp3) is 0.387. The van der Waals surface area contributed by atoms with Crippen molar-refractivity contribution >= 4 is 5.97 Å². The van der Waals surface area contributed by atoms with Crippen molar-refractivity contribution in [3.8, 4) is 17.2 Å². The summed E-state index contributed by atoms with van der Waals surface area (Å²) in [5.74, 6) is 1.24. The van der Waals surface area contributed by atoms with Gasteiger partial charge in [0.25, 0.3) is 0 Å². The summed E-state index contributed by atoms with van der Waals surface area (Å²) in [6.07, 6.45) is 1.59. The molecule has 7 nitrogen and oxygen atoms in total. The lowest BCUT2D eigenvalue weighted by atomic mass is 9.78. The third-order valence-electron chi connectivity index (χ3n) is 7.39. The predicted molar refractivity (Wildman–Crippen MR) is 146 cm³/mol. The second-order valence-corrected chi connectivity index (χ2v) is 9.65. The summed E-state index contributed by atoms with van der Waals surface area (Å²) < 4.78 is 23.3. The molecule has 4 rings (SSSR count). The molecule has 3 aromatic carbocycles. The summed E-state index contributed by atoms with van der Waals surface area (Å²) in [6.45, 7) is 4.51. The van der Waals surface area contributed by atoms with Crippen molar-refractivity contribution in [1.29, 1.82) is 0 Å². The molecule has 0 spiro atoms. The van der Waals surface area contributed by atoms with E-state index in [1.165, 1.54) is 0 Å². The molecule has 3 aromatic rings. The second-order valence-electron chi connectivity index (χ2n) is 9.65. The first kappa shape index (κ1) is 27.5. The van der Waals surface area contributed by atoms with Crippen LogP contribution in [0.2, 0.25) is 0 Å².